The van der Waals surface area contributed by atoms with E-state index in [9.17, 15) is 4.79 Å². The lowest BCUT2D eigenvalue weighted by molar-refractivity contribution is -0.125. The molecule has 1 heterocycles. The van der Waals surface area contributed by atoms with Crippen LogP contribution >= 0.6 is 11.8 Å². The highest BCUT2D eigenvalue weighted by atomic mass is 32.2. The van der Waals surface area contributed by atoms with Gasteiger partial charge in [-0.15, -0.1) is 0 Å². The highest BCUT2D eigenvalue weighted by molar-refractivity contribution is 7.98. The van der Waals surface area contributed by atoms with Gasteiger partial charge in [-0.3, -0.25) is 4.79 Å². The van der Waals surface area contributed by atoms with E-state index in [-0.39, 0.29) is 5.92 Å². The van der Waals surface area contributed by atoms with Crippen molar-refractivity contribution in [2.45, 2.75) is 32.6 Å². The van der Waals surface area contributed by atoms with Gasteiger partial charge in [-0.1, -0.05) is 13.3 Å². The van der Waals surface area contributed by atoms with Gasteiger partial charge in [0.1, 0.15) is 5.78 Å². The first-order chi connectivity index (χ1) is 7.24. The largest absolute Gasteiger partial charge is 0.302 e. The van der Waals surface area contributed by atoms with Crippen molar-refractivity contribution in [2.24, 2.45) is 5.92 Å². The van der Waals surface area contributed by atoms with Crippen LogP contribution in [0.15, 0.2) is 0 Å². The Labute approximate surface area is 97.8 Å². The van der Waals surface area contributed by atoms with E-state index in [1.165, 1.54) is 31.6 Å². The summed E-state index contributed by atoms with van der Waals surface area (Å²) in [6, 6.07) is 0. The smallest absolute Gasteiger partial charge is 0.138 e. The number of ketones is 1. The van der Waals surface area contributed by atoms with Crippen LogP contribution in [0.4, 0.5) is 0 Å². The van der Waals surface area contributed by atoms with Gasteiger partial charge in [0.15, 0.2) is 0 Å². The lowest BCUT2D eigenvalue weighted by atomic mass is 9.98. The molecule has 0 aromatic rings. The summed E-state index contributed by atoms with van der Waals surface area (Å²) in [6.07, 6.45) is 6.90. The maximum Gasteiger partial charge on any atom is 0.138 e. The van der Waals surface area contributed by atoms with Crippen molar-refractivity contribution in [3.63, 3.8) is 0 Å². The summed E-state index contributed by atoms with van der Waals surface area (Å²) in [6.45, 7) is 5.22. The Morgan fingerprint density at radius 1 is 1.40 bits per heavy atom. The van der Waals surface area contributed by atoms with E-state index in [0.29, 0.717) is 5.78 Å². The second-order valence-corrected chi connectivity index (χ2v) is 5.46. The first-order valence-corrected chi connectivity index (χ1v) is 7.37. The molecule has 0 amide bonds. The number of hydrogen-bond donors (Lipinski definition) is 0. The quantitative estimate of drug-likeness (QED) is 0.653. The molecule has 1 rings (SSSR count). The first-order valence-electron chi connectivity index (χ1n) is 5.98. The molecular formula is C12H23NOS. The Bertz CT molecular complexity index is 196. The van der Waals surface area contributed by atoms with Gasteiger partial charge < -0.3 is 4.90 Å². The molecule has 0 radical (unpaired) electrons. The average Bonchev–Trinajstić information content (AvgIpc) is 2.23. The molecule has 2 nitrogen and oxygen atoms in total. The van der Waals surface area contributed by atoms with Gasteiger partial charge in [0.25, 0.3) is 0 Å². The van der Waals surface area contributed by atoms with Crippen LogP contribution in [0.3, 0.4) is 0 Å². The number of Topliss-reactive ketones (excluding diaryl/α,β-unsaturated/α-hetero) is 1. The zero-order valence-corrected chi connectivity index (χ0v) is 10.8. The fraction of sp³-hybridized carbons (Fsp3) is 0.917. The number of hydrogen-bond acceptors (Lipinski definition) is 3. The van der Waals surface area contributed by atoms with Crippen LogP contribution in [0.5, 0.6) is 0 Å². The molecule has 1 saturated heterocycles. The minimum absolute atomic E-state index is 0.268. The summed E-state index contributed by atoms with van der Waals surface area (Å²) in [7, 11) is 0. The number of likely N-dealkylation sites (tertiary alicyclic amines) is 1. The molecule has 0 saturated carbocycles. The molecule has 0 spiro atoms. The van der Waals surface area contributed by atoms with Crippen LogP contribution < -0.4 is 0 Å². The lowest BCUT2D eigenvalue weighted by Gasteiger charge is -2.29. The third-order valence-electron chi connectivity index (χ3n) is 3.08. The van der Waals surface area contributed by atoms with Crippen molar-refractivity contribution in [3.05, 3.63) is 0 Å². The normalized spacial score (nSPS) is 23.3. The summed E-state index contributed by atoms with van der Waals surface area (Å²) in [4.78, 5) is 13.8. The lowest BCUT2D eigenvalue weighted by Crippen LogP contribution is -2.39. The molecule has 0 aromatic carbocycles. The Morgan fingerprint density at radius 2 is 2.20 bits per heavy atom. The molecule has 1 atom stereocenters. The standard InChI is InChI=1S/C12H23NOS/c1-11-10-13(8-6-12(11)14)7-4-3-5-9-15-2/h11H,3-10H2,1-2H3. The molecule has 0 aliphatic carbocycles. The number of carbonyl (C=O) groups is 1. The predicted molar refractivity (Wildman–Crippen MR) is 67.5 cm³/mol. The minimum Gasteiger partial charge on any atom is -0.302 e. The fourth-order valence-corrected chi connectivity index (χ4v) is 2.55. The van der Waals surface area contributed by atoms with E-state index in [2.05, 4.69) is 18.1 Å². The predicted octanol–water partition coefficient (Wildman–Crippen LogP) is 2.43. The van der Waals surface area contributed by atoms with Gasteiger partial charge in [0.2, 0.25) is 0 Å². The molecule has 0 N–H and O–H groups in total. The summed E-state index contributed by atoms with van der Waals surface area (Å²) in [5.41, 5.74) is 0. The molecule has 0 aromatic heterocycles. The van der Waals surface area contributed by atoms with Gasteiger partial charge in [-0.05, 0) is 31.4 Å². The molecule has 1 aliphatic rings. The van der Waals surface area contributed by atoms with Crippen LogP contribution in [0.2, 0.25) is 0 Å². The zero-order chi connectivity index (χ0) is 11.1. The molecule has 1 fully saturated rings. The van der Waals surface area contributed by atoms with E-state index in [4.69, 9.17) is 0 Å². The van der Waals surface area contributed by atoms with E-state index in [0.717, 1.165) is 19.5 Å². The molecule has 3 heteroatoms. The number of nitrogens with zero attached hydrogens (tertiary/aromatic N) is 1. The maximum atomic E-state index is 11.3. The highest BCUT2D eigenvalue weighted by Crippen LogP contribution is 2.13. The Morgan fingerprint density at radius 3 is 2.87 bits per heavy atom. The third-order valence-corrected chi connectivity index (χ3v) is 3.78. The Kier molecular flexibility index (Phi) is 6.34. The number of unbranched alkanes of at least 4 members (excludes halogenated alkanes) is 2. The van der Waals surface area contributed by atoms with Crippen molar-refractivity contribution in [1.82, 2.24) is 4.90 Å². The number of thioether (sulfide) groups is 1. The van der Waals surface area contributed by atoms with Crippen molar-refractivity contribution >= 4 is 17.5 Å². The second-order valence-electron chi connectivity index (χ2n) is 4.47. The van der Waals surface area contributed by atoms with E-state index in [1.807, 2.05) is 11.8 Å². The van der Waals surface area contributed by atoms with Crippen LogP contribution in [0.25, 0.3) is 0 Å². The van der Waals surface area contributed by atoms with Gasteiger partial charge in [-0.2, -0.15) is 11.8 Å². The van der Waals surface area contributed by atoms with Crippen molar-refractivity contribution in [1.29, 1.82) is 0 Å². The number of piperidine rings is 1. The van der Waals surface area contributed by atoms with Gasteiger partial charge in [0.05, 0.1) is 0 Å². The van der Waals surface area contributed by atoms with E-state index >= 15 is 0 Å². The highest BCUT2D eigenvalue weighted by Gasteiger charge is 2.22. The van der Waals surface area contributed by atoms with Crippen molar-refractivity contribution < 1.29 is 4.79 Å². The summed E-state index contributed by atoms with van der Waals surface area (Å²) >= 11 is 1.93. The minimum atomic E-state index is 0.268. The fourth-order valence-electron chi connectivity index (χ4n) is 2.06. The van der Waals surface area contributed by atoms with Gasteiger partial charge in [-0.25, -0.2) is 0 Å². The second kappa shape index (κ2) is 7.29. The summed E-state index contributed by atoms with van der Waals surface area (Å²) in [5, 5.41) is 0. The van der Waals surface area contributed by atoms with Crippen LogP contribution in [0, 0.1) is 5.92 Å². The summed E-state index contributed by atoms with van der Waals surface area (Å²) in [5.74, 6) is 2.01. The third kappa shape index (κ3) is 5.03. The SMILES string of the molecule is CSCCCCCN1CCC(=O)C(C)C1. The molecule has 15 heavy (non-hydrogen) atoms. The molecule has 1 aliphatic heterocycles. The molecular weight excluding hydrogens is 206 g/mol. The first kappa shape index (κ1) is 13.0. The van der Waals surface area contributed by atoms with Crippen LogP contribution in [-0.4, -0.2) is 42.3 Å². The van der Waals surface area contributed by atoms with Crippen LogP contribution in [0.1, 0.15) is 32.6 Å². The Balaban J connectivity index is 2.04. The van der Waals surface area contributed by atoms with Gasteiger partial charge >= 0.3 is 0 Å². The van der Waals surface area contributed by atoms with Gasteiger partial charge in [0, 0.05) is 25.4 Å². The zero-order valence-electron chi connectivity index (χ0n) is 10.00. The van der Waals surface area contributed by atoms with Crippen LogP contribution in [-0.2, 0) is 4.79 Å². The van der Waals surface area contributed by atoms with Crippen molar-refractivity contribution in [3.8, 4) is 0 Å². The van der Waals surface area contributed by atoms with Crippen molar-refractivity contribution in [2.75, 3.05) is 31.6 Å². The Hall–Kier alpha value is -0.0200. The van der Waals surface area contributed by atoms with E-state index in [1.54, 1.807) is 0 Å². The number of carbonyl (C=O) groups excluding carboxylic acids is 1. The van der Waals surface area contributed by atoms with E-state index < -0.39 is 0 Å². The molecule has 88 valence electrons. The molecule has 1 unspecified atom stereocenters. The average molecular weight is 229 g/mol. The maximum absolute atomic E-state index is 11.3. The summed E-state index contributed by atoms with van der Waals surface area (Å²) < 4.78 is 0. The number of rotatable bonds is 6. The monoisotopic (exact) mass is 229 g/mol. The molecule has 0 bridgehead atoms. The topological polar surface area (TPSA) is 20.3 Å².